The highest BCUT2D eigenvalue weighted by atomic mass is 19.3. The molecule has 0 unspecified atom stereocenters. The Kier molecular flexibility index (Phi) is 5.44. The summed E-state index contributed by atoms with van der Waals surface area (Å²) in [7, 11) is -0.607. The van der Waals surface area contributed by atoms with Crippen molar-refractivity contribution in [2.75, 3.05) is 0 Å². The molecule has 37 heavy (non-hydrogen) atoms. The molecule has 0 radical (unpaired) electrons. The van der Waals surface area contributed by atoms with Gasteiger partial charge in [-0.2, -0.15) is 8.78 Å². The maximum atomic E-state index is 13.8. The normalized spacial score (nSPS) is 22.4. The van der Waals surface area contributed by atoms with E-state index in [0.717, 1.165) is 18.3 Å². The Morgan fingerprint density at radius 3 is 2.46 bits per heavy atom. The third-order valence-electron chi connectivity index (χ3n) is 8.09. The topological polar surface area (TPSA) is 65.8 Å². The highest BCUT2D eigenvalue weighted by Crippen LogP contribution is 2.44. The molecule has 2 fully saturated rings. The molecule has 0 N–H and O–H groups in total. The van der Waals surface area contributed by atoms with E-state index in [-0.39, 0.29) is 29.4 Å². The smallest absolute Gasteiger partial charge is 0.433 e. The summed E-state index contributed by atoms with van der Waals surface area (Å²) in [5.74, 6) is 0.382. The van der Waals surface area contributed by atoms with Crippen LogP contribution in [0.1, 0.15) is 76.1 Å². The number of carbonyl (C=O) groups excluding carboxylic acids is 1. The minimum absolute atomic E-state index is 0.0602. The lowest BCUT2D eigenvalue weighted by molar-refractivity contribution is -0.0498. The van der Waals surface area contributed by atoms with Gasteiger partial charge in [0, 0.05) is 6.04 Å². The molecule has 194 valence electrons. The predicted octanol–water partition coefficient (Wildman–Crippen LogP) is 5.00. The Morgan fingerprint density at radius 1 is 1.14 bits per heavy atom. The first kappa shape index (κ1) is 24.4. The average Bonchev–Trinajstić information content (AvgIpc) is 3.56. The molecule has 1 aliphatic carbocycles. The van der Waals surface area contributed by atoms with Crippen molar-refractivity contribution in [3.8, 4) is 11.4 Å². The largest absolute Gasteiger partial charge is 0.494 e. The molecule has 10 heteroatoms. The molecule has 3 heterocycles. The second-order valence-electron chi connectivity index (χ2n) is 11.0. The number of benzene rings is 2. The van der Waals surface area contributed by atoms with E-state index in [1.54, 1.807) is 12.1 Å². The lowest BCUT2D eigenvalue weighted by atomic mass is 9.79. The Hall–Kier alpha value is -2.98. The number of hydrogen-bond donors (Lipinski definition) is 0. The predicted molar refractivity (Wildman–Crippen MR) is 136 cm³/mol. The molecule has 1 atom stereocenters. The van der Waals surface area contributed by atoms with Crippen LogP contribution < -0.4 is 10.2 Å². The maximum absolute atomic E-state index is 13.8. The summed E-state index contributed by atoms with van der Waals surface area (Å²) in [4.78, 5) is 20.7. The zero-order valence-electron chi connectivity index (χ0n) is 21.6. The molecular weight excluding hydrogens is 479 g/mol. The van der Waals surface area contributed by atoms with Crippen molar-refractivity contribution in [2.24, 2.45) is 0 Å². The standard InChI is InChI=1S/C27H30BF2N3O4/c1-6-19-23-31-18-13-10-15(28-36-26(2,3)27(4,5)37-28)14-20(18)33(23)22-17(24(34)32(19)16-11-12-16)8-7-9-21(22)35-25(29)30/h7-10,13-14,16,19,25H,6,11-12H2,1-5H3/t19-/m1/s1. The average molecular weight is 509 g/mol. The van der Waals surface area contributed by atoms with E-state index in [4.69, 9.17) is 19.0 Å². The fourth-order valence-corrected chi connectivity index (χ4v) is 5.37. The molecule has 1 aromatic heterocycles. The third-order valence-corrected chi connectivity index (χ3v) is 8.09. The summed E-state index contributed by atoms with van der Waals surface area (Å²) in [6, 6.07) is 10.3. The molecule has 3 aliphatic rings. The summed E-state index contributed by atoms with van der Waals surface area (Å²) in [6.07, 6.45) is 2.46. The monoisotopic (exact) mass is 509 g/mol. The van der Waals surface area contributed by atoms with Crippen LogP contribution in [0.15, 0.2) is 36.4 Å². The number of amides is 1. The maximum Gasteiger partial charge on any atom is 0.494 e. The molecule has 3 aromatic rings. The van der Waals surface area contributed by atoms with Crippen LogP contribution in [-0.2, 0) is 9.31 Å². The molecule has 7 nitrogen and oxygen atoms in total. The number of carbonyl (C=O) groups is 1. The fourth-order valence-electron chi connectivity index (χ4n) is 5.37. The summed E-state index contributed by atoms with van der Waals surface area (Å²) >= 11 is 0. The highest BCUT2D eigenvalue weighted by Gasteiger charge is 2.52. The minimum Gasteiger partial charge on any atom is -0.433 e. The Labute approximate surface area is 214 Å². The van der Waals surface area contributed by atoms with Crippen LogP contribution in [0.3, 0.4) is 0 Å². The number of rotatable bonds is 5. The van der Waals surface area contributed by atoms with Crippen LogP contribution in [0.25, 0.3) is 16.7 Å². The van der Waals surface area contributed by atoms with Gasteiger partial charge < -0.3 is 18.9 Å². The van der Waals surface area contributed by atoms with Crippen LogP contribution in [0.4, 0.5) is 8.78 Å². The van der Waals surface area contributed by atoms with Gasteiger partial charge in [0.1, 0.15) is 11.5 Å². The number of ether oxygens (including phenoxy) is 1. The van der Waals surface area contributed by atoms with Gasteiger partial charge in [-0.1, -0.05) is 19.1 Å². The van der Waals surface area contributed by atoms with Crippen molar-refractivity contribution in [3.63, 3.8) is 0 Å². The molecule has 1 amide bonds. The van der Waals surface area contributed by atoms with Gasteiger partial charge in [0.15, 0.2) is 5.75 Å². The number of nitrogens with zero attached hydrogens (tertiary/aromatic N) is 3. The second-order valence-corrected chi connectivity index (χ2v) is 11.0. The van der Waals surface area contributed by atoms with Crippen LogP contribution >= 0.6 is 0 Å². The number of alkyl halides is 2. The first-order valence-electron chi connectivity index (χ1n) is 12.8. The van der Waals surface area contributed by atoms with Gasteiger partial charge in [-0.3, -0.25) is 9.36 Å². The van der Waals surface area contributed by atoms with E-state index in [2.05, 4.69) is 0 Å². The Bertz CT molecular complexity index is 1390. The molecule has 6 rings (SSSR count). The number of halogens is 2. The quantitative estimate of drug-likeness (QED) is 0.454. The lowest BCUT2D eigenvalue weighted by Gasteiger charge is -2.32. The minimum atomic E-state index is -3.04. The van der Waals surface area contributed by atoms with Crippen molar-refractivity contribution in [1.29, 1.82) is 0 Å². The van der Waals surface area contributed by atoms with E-state index in [1.807, 2.05) is 62.3 Å². The molecule has 1 saturated heterocycles. The van der Waals surface area contributed by atoms with E-state index >= 15 is 0 Å². The van der Waals surface area contributed by atoms with E-state index < -0.39 is 24.9 Å². The van der Waals surface area contributed by atoms with Crippen LogP contribution in [0, 0.1) is 0 Å². The van der Waals surface area contributed by atoms with Gasteiger partial charge in [-0.25, -0.2) is 4.98 Å². The van der Waals surface area contributed by atoms with E-state index in [1.165, 1.54) is 6.07 Å². The Balaban J connectivity index is 1.60. The summed E-state index contributed by atoms with van der Waals surface area (Å²) in [5, 5.41) is 0. The van der Waals surface area contributed by atoms with Crippen LogP contribution in [0.5, 0.6) is 5.75 Å². The molecule has 0 spiro atoms. The van der Waals surface area contributed by atoms with Gasteiger partial charge in [0.25, 0.3) is 5.91 Å². The van der Waals surface area contributed by atoms with Gasteiger partial charge in [0.2, 0.25) is 0 Å². The first-order valence-corrected chi connectivity index (χ1v) is 12.8. The summed E-state index contributed by atoms with van der Waals surface area (Å²) in [5.41, 5.74) is 1.73. The first-order chi connectivity index (χ1) is 17.5. The second kappa shape index (κ2) is 8.26. The third kappa shape index (κ3) is 3.75. The number of aromatic nitrogens is 2. The molecule has 0 bridgehead atoms. The number of para-hydroxylation sites is 1. The zero-order chi connectivity index (χ0) is 26.3. The number of imidazole rings is 1. The van der Waals surface area contributed by atoms with Crippen LogP contribution in [0.2, 0.25) is 0 Å². The van der Waals surface area contributed by atoms with Crippen molar-refractivity contribution in [3.05, 3.63) is 47.8 Å². The highest BCUT2D eigenvalue weighted by molar-refractivity contribution is 6.62. The van der Waals surface area contributed by atoms with Gasteiger partial charge in [-0.05, 0) is 76.7 Å². The lowest BCUT2D eigenvalue weighted by Crippen LogP contribution is -2.41. The van der Waals surface area contributed by atoms with Crippen molar-refractivity contribution in [2.45, 2.75) is 83.8 Å². The zero-order valence-corrected chi connectivity index (χ0v) is 21.6. The fraction of sp³-hybridized carbons (Fsp3) is 0.481. The number of hydrogen-bond acceptors (Lipinski definition) is 5. The molecular formula is C27H30BF2N3O4. The SMILES string of the molecule is CC[C@@H]1c2nc3ccc(B4OC(C)(C)C(C)(C)O4)cc3n2-c2c(OC(F)F)cccc2C(=O)N1C1CC1. The molecule has 1 saturated carbocycles. The Morgan fingerprint density at radius 2 is 1.84 bits per heavy atom. The number of fused-ring (bicyclic) bond motifs is 5. The van der Waals surface area contributed by atoms with Gasteiger partial charge >= 0.3 is 13.7 Å². The van der Waals surface area contributed by atoms with Crippen molar-refractivity contribution >= 4 is 29.5 Å². The van der Waals surface area contributed by atoms with Crippen molar-refractivity contribution in [1.82, 2.24) is 14.5 Å². The summed E-state index contributed by atoms with van der Waals surface area (Å²) < 4.78 is 46.3. The van der Waals surface area contributed by atoms with Gasteiger partial charge in [0.05, 0.1) is 33.8 Å². The van der Waals surface area contributed by atoms with E-state index in [9.17, 15) is 13.6 Å². The van der Waals surface area contributed by atoms with Gasteiger partial charge in [-0.15, -0.1) is 0 Å². The van der Waals surface area contributed by atoms with E-state index in [0.29, 0.717) is 28.8 Å². The van der Waals surface area contributed by atoms with Crippen LogP contribution in [-0.4, -0.2) is 51.3 Å². The van der Waals surface area contributed by atoms with Crippen molar-refractivity contribution < 1.29 is 27.6 Å². The molecule has 2 aromatic carbocycles. The molecule has 2 aliphatic heterocycles. The summed E-state index contributed by atoms with van der Waals surface area (Å²) in [6.45, 7) is 6.94.